The average Bonchev–Trinajstić information content (AvgIpc) is 2.54. The Kier molecular flexibility index (Phi) is 5.83. The number of aromatic hydroxyl groups is 1. The average molecular weight is 334 g/mol. The predicted molar refractivity (Wildman–Crippen MR) is 83.7 cm³/mol. The summed E-state index contributed by atoms with van der Waals surface area (Å²) in [5.74, 6) is -2.67. The van der Waals surface area contributed by atoms with Crippen molar-refractivity contribution in [1.29, 1.82) is 0 Å². The number of phenolic OH excluding ortho intramolecular Hbond substituents is 1. The van der Waals surface area contributed by atoms with E-state index in [2.05, 4.69) is 10.6 Å². The highest BCUT2D eigenvalue weighted by molar-refractivity contribution is 5.95. The molecule has 0 saturated heterocycles. The Hall–Kier alpha value is -2.96. The van der Waals surface area contributed by atoms with E-state index in [4.69, 9.17) is 0 Å². The second-order valence-electron chi connectivity index (χ2n) is 5.04. The molecule has 126 valence electrons. The van der Waals surface area contributed by atoms with Gasteiger partial charge in [0.15, 0.2) is 0 Å². The first-order valence-corrected chi connectivity index (χ1v) is 7.28. The van der Waals surface area contributed by atoms with Gasteiger partial charge in [-0.25, -0.2) is 8.78 Å². The van der Waals surface area contributed by atoms with E-state index in [1.807, 2.05) is 0 Å². The maximum absolute atomic E-state index is 13.4. The van der Waals surface area contributed by atoms with Gasteiger partial charge in [-0.05, 0) is 36.8 Å². The molecule has 0 aliphatic heterocycles. The molecule has 0 aliphatic carbocycles. The number of rotatable bonds is 6. The highest BCUT2D eigenvalue weighted by Crippen LogP contribution is 2.11. The molecule has 0 saturated carbocycles. The summed E-state index contributed by atoms with van der Waals surface area (Å²) in [5.41, 5.74) is 0.0904. The summed E-state index contributed by atoms with van der Waals surface area (Å²) in [6.07, 6.45) is 0.430. The van der Waals surface area contributed by atoms with Gasteiger partial charge >= 0.3 is 0 Å². The van der Waals surface area contributed by atoms with Crippen LogP contribution < -0.4 is 10.6 Å². The summed E-state index contributed by atoms with van der Waals surface area (Å²) in [7, 11) is 0. The quantitative estimate of drug-likeness (QED) is 0.709. The van der Waals surface area contributed by atoms with E-state index >= 15 is 0 Å². The minimum atomic E-state index is -0.926. The zero-order chi connectivity index (χ0) is 17.5. The Morgan fingerprint density at radius 2 is 1.67 bits per heavy atom. The number of hydrogen-bond donors (Lipinski definition) is 3. The molecule has 7 heteroatoms. The molecule has 2 amide bonds. The number of halogens is 2. The minimum Gasteiger partial charge on any atom is -0.508 e. The zero-order valence-corrected chi connectivity index (χ0v) is 12.7. The Labute approximate surface area is 137 Å². The van der Waals surface area contributed by atoms with Gasteiger partial charge in [-0.3, -0.25) is 9.59 Å². The maximum atomic E-state index is 13.4. The fraction of sp³-hybridized carbons (Fsp3) is 0.176. The van der Waals surface area contributed by atoms with Crippen molar-refractivity contribution in [3.63, 3.8) is 0 Å². The van der Waals surface area contributed by atoms with E-state index in [1.165, 1.54) is 12.1 Å². The van der Waals surface area contributed by atoms with Gasteiger partial charge in [-0.2, -0.15) is 0 Å². The van der Waals surface area contributed by atoms with Crippen LogP contribution in [0.15, 0.2) is 42.5 Å². The number of carbonyl (C=O) groups is 2. The highest BCUT2D eigenvalue weighted by atomic mass is 19.1. The number of benzene rings is 2. The molecule has 0 spiro atoms. The number of phenols is 1. The van der Waals surface area contributed by atoms with Crippen LogP contribution >= 0.6 is 0 Å². The second kappa shape index (κ2) is 8.05. The molecule has 0 bridgehead atoms. The van der Waals surface area contributed by atoms with Gasteiger partial charge in [0.2, 0.25) is 0 Å². The van der Waals surface area contributed by atoms with Crippen LogP contribution in [0.2, 0.25) is 0 Å². The lowest BCUT2D eigenvalue weighted by Crippen LogP contribution is -2.30. The summed E-state index contributed by atoms with van der Waals surface area (Å²) in [4.78, 5) is 23.5. The van der Waals surface area contributed by atoms with Crippen molar-refractivity contribution in [2.24, 2.45) is 0 Å². The molecule has 2 aromatic carbocycles. The number of nitrogens with one attached hydrogen (secondary N) is 2. The molecule has 0 aliphatic rings. The van der Waals surface area contributed by atoms with Crippen molar-refractivity contribution >= 4 is 11.8 Å². The standard InChI is InChI=1S/C17H16F2N2O3/c18-12-5-6-14(15(19)10-12)17(24)21-8-2-7-20-16(23)11-3-1-4-13(22)9-11/h1,3-6,9-10,22H,2,7-8H2,(H,20,23)(H,21,24). The predicted octanol–water partition coefficient (Wildman–Crippen LogP) is 2.22. The zero-order valence-electron chi connectivity index (χ0n) is 12.7. The van der Waals surface area contributed by atoms with Crippen LogP contribution in [-0.2, 0) is 0 Å². The highest BCUT2D eigenvalue weighted by Gasteiger charge is 2.11. The van der Waals surface area contributed by atoms with Crippen molar-refractivity contribution in [2.45, 2.75) is 6.42 Å². The normalized spacial score (nSPS) is 10.2. The molecule has 24 heavy (non-hydrogen) atoms. The Bertz CT molecular complexity index is 750. The summed E-state index contributed by atoms with van der Waals surface area (Å²) < 4.78 is 26.2. The molecule has 0 atom stereocenters. The first kappa shape index (κ1) is 17.4. The van der Waals surface area contributed by atoms with Gasteiger partial charge in [-0.1, -0.05) is 6.07 Å². The third-order valence-electron chi connectivity index (χ3n) is 3.21. The summed E-state index contributed by atoms with van der Waals surface area (Å²) in [5, 5.41) is 14.4. The van der Waals surface area contributed by atoms with E-state index in [1.54, 1.807) is 12.1 Å². The fourth-order valence-electron chi connectivity index (χ4n) is 2.01. The van der Waals surface area contributed by atoms with Crippen LogP contribution in [0.4, 0.5) is 8.78 Å². The number of amides is 2. The third-order valence-corrected chi connectivity index (χ3v) is 3.21. The van der Waals surface area contributed by atoms with Gasteiger partial charge in [0, 0.05) is 24.7 Å². The molecule has 0 aromatic heterocycles. The molecular weight excluding hydrogens is 318 g/mol. The van der Waals surface area contributed by atoms with E-state index < -0.39 is 17.5 Å². The molecule has 0 heterocycles. The second-order valence-corrected chi connectivity index (χ2v) is 5.04. The van der Waals surface area contributed by atoms with E-state index in [0.717, 1.165) is 12.1 Å². The first-order chi connectivity index (χ1) is 11.5. The van der Waals surface area contributed by atoms with Gasteiger partial charge < -0.3 is 15.7 Å². The van der Waals surface area contributed by atoms with Crippen LogP contribution in [0.25, 0.3) is 0 Å². The molecular formula is C17H16F2N2O3. The lowest BCUT2D eigenvalue weighted by molar-refractivity contribution is 0.0948. The summed E-state index contributed by atoms with van der Waals surface area (Å²) in [6.45, 7) is 0.511. The molecule has 0 fully saturated rings. The van der Waals surface area contributed by atoms with Crippen molar-refractivity contribution in [3.05, 3.63) is 65.2 Å². The topological polar surface area (TPSA) is 78.4 Å². The van der Waals surface area contributed by atoms with E-state index in [9.17, 15) is 23.5 Å². The third kappa shape index (κ3) is 4.77. The first-order valence-electron chi connectivity index (χ1n) is 7.28. The minimum absolute atomic E-state index is 0.00348. The smallest absolute Gasteiger partial charge is 0.254 e. The van der Waals surface area contributed by atoms with Gasteiger partial charge in [0.25, 0.3) is 11.8 Å². The summed E-state index contributed by atoms with van der Waals surface area (Å²) in [6, 6.07) is 8.65. The van der Waals surface area contributed by atoms with Crippen molar-refractivity contribution in [3.8, 4) is 5.75 Å². The molecule has 3 N–H and O–H groups in total. The monoisotopic (exact) mass is 334 g/mol. The Balaban J connectivity index is 1.73. The van der Waals surface area contributed by atoms with Crippen LogP contribution in [-0.4, -0.2) is 30.0 Å². The lowest BCUT2D eigenvalue weighted by atomic mass is 10.2. The largest absolute Gasteiger partial charge is 0.508 e. The molecule has 2 rings (SSSR count). The van der Waals surface area contributed by atoms with Crippen LogP contribution in [0.3, 0.4) is 0 Å². The van der Waals surface area contributed by atoms with Gasteiger partial charge in [0.05, 0.1) is 5.56 Å². The van der Waals surface area contributed by atoms with Crippen LogP contribution in [0.1, 0.15) is 27.1 Å². The number of carbonyl (C=O) groups excluding carboxylic acids is 2. The summed E-state index contributed by atoms with van der Waals surface area (Å²) >= 11 is 0. The molecule has 0 unspecified atom stereocenters. The SMILES string of the molecule is O=C(NCCCNC(=O)c1ccc(F)cc1F)c1cccc(O)c1. The van der Waals surface area contributed by atoms with Gasteiger partial charge in [-0.15, -0.1) is 0 Å². The molecule has 2 aromatic rings. The van der Waals surface area contributed by atoms with E-state index in [0.29, 0.717) is 24.6 Å². The lowest BCUT2D eigenvalue weighted by Gasteiger charge is -2.08. The van der Waals surface area contributed by atoms with E-state index in [-0.39, 0.29) is 23.8 Å². The fourth-order valence-corrected chi connectivity index (χ4v) is 2.01. The Morgan fingerprint density at radius 1 is 0.958 bits per heavy atom. The van der Waals surface area contributed by atoms with Crippen molar-refractivity contribution < 1.29 is 23.5 Å². The molecule has 5 nitrogen and oxygen atoms in total. The maximum Gasteiger partial charge on any atom is 0.254 e. The van der Waals surface area contributed by atoms with Crippen molar-refractivity contribution in [1.82, 2.24) is 10.6 Å². The van der Waals surface area contributed by atoms with Crippen LogP contribution in [0, 0.1) is 11.6 Å². The van der Waals surface area contributed by atoms with Crippen LogP contribution in [0.5, 0.6) is 5.75 Å². The van der Waals surface area contributed by atoms with Crippen molar-refractivity contribution in [2.75, 3.05) is 13.1 Å². The van der Waals surface area contributed by atoms with Gasteiger partial charge in [0.1, 0.15) is 17.4 Å². The number of hydrogen-bond acceptors (Lipinski definition) is 3. The Morgan fingerprint density at radius 3 is 2.33 bits per heavy atom. The molecule has 0 radical (unpaired) electrons.